The summed E-state index contributed by atoms with van der Waals surface area (Å²) in [5.41, 5.74) is 2.91. The Labute approximate surface area is 135 Å². The Kier molecular flexibility index (Phi) is 3.40. The number of hydrogen-bond donors (Lipinski definition) is 1. The van der Waals surface area contributed by atoms with E-state index in [4.69, 9.17) is 0 Å². The number of nitrogens with zero attached hydrogens (tertiary/aromatic N) is 3. The van der Waals surface area contributed by atoms with E-state index < -0.39 is 0 Å². The molecule has 0 aliphatic carbocycles. The zero-order valence-electron chi connectivity index (χ0n) is 11.8. The summed E-state index contributed by atoms with van der Waals surface area (Å²) in [6.07, 6.45) is 5.70. The first-order chi connectivity index (χ1) is 10.8. The summed E-state index contributed by atoms with van der Waals surface area (Å²) < 4.78 is 0. The van der Waals surface area contributed by atoms with Crippen LogP contribution in [0, 0.1) is 0 Å². The molecule has 0 fully saturated rings. The van der Waals surface area contributed by atoms with Gasteiger partial charge in [-0.05, 0) is 36.6 Å². The first kappa shape index (κ1) is 13.5. The molecule has 0 unspecified atom stereocenters. The Balaban J connectivity index is 1.74. The average Bonchev–Trinajstić information content (AvgIpc) is 3.21. The van der Waals surface area contributed by atoms with Gasteiger partial charge in [-0.25, -0.2) is 9.97 Å². The van der Waals surface area contributed by atoms with Crippen LogP contribution >= 0.6 is 23.1 Å². The lowest BCUT2D eigenvalue weighted by Gasteiger charge is -1.93. The molecule has 108 valence electrons. The monoisotopic (exact) mass is 324 g/mol. The van der Waals surface area contributed by atoms with Gasteiger partial charge in [-0.1, -0.05) is 6.07 Å². The van der Waals surface area contributed by atoms with Crippen molar-refractivity contribution in [3.05, 3.63) is 48.8 Å². The van der Waals surface area contributed by atoms with E-state index in [2.05, 4.69) is 38.3 Å². The Bertz CT molecular complexity index is 928. The van der Waals surface area contributed by atoms with Gasteiger partial charge < -0.3 is 4.98 Å². The number of H-pyrrole nitrogens is 1. The molecule has 3 heterocycles. The molecule has 0 amide bonds. The van der Waals surface area contributed by atoms with Gasteiger partial charge in [-0.3, -0.25) is 4.98 Å². The van der Waals surface area contributed by atoms with E-state index >= 15 is 0 Å². The maximum atomic E-state index is 4.65. The Morgan fingerprint density at radius 1 is 1.14 bits per heavy atom. The fourth-order valence-corrected chi connectivity index (χ4v) is 3.50. The van der Waals surface area contributed by atoms with Crippen LogP contribution in [0.4, 0.5) is 0 Å². The number of thiazole rings is 1. The van der Waals surface area contributed by atoms with Crippen molar-refractivity contribution < 1.29 is 0 Å². The first-order valence-electron chi connectivity index (χ1n) is 6.75. The smallest absolute Gasteiger partial charge is 0.150 e. The van der Waals surface area contributed by atoms with Crippen LogP contribution in [-0.2, 0) is 0 Å². The van der Waals surface area contributed by atoms with E-state index in [1.54, 1.807) is 29.3 Å². The predicted octanol–water partition coefficient (Wildman–Crippen LogP) is 4.47. The third-order valence-electron chi connectivity index (χ3n) is 3.31. The molecule has 0 saturated carbocycles. The summed E-state index contributed by atoms with van der Waals surface area (Å²) in [5.74, 6) is 0.855. The van der Waals surface area contributed by atoms with Crippen molar-refractivity contribution in [2.75, 3.05) is 6.26 Å². The lowest BCUT2D eigenvalue weighted by Crippen LogP contribution is -1.78. The average molecular weight is 324 g/mol. The molecule has 0 aliphatic heterocycles. The normalized spacial score (nSPS) is 11.1. The molecular formula is C16H12N4S2. The number of hydrogen-bond acceptors (Lipinski definition) is 5. The Morgan fingerprint density at radius 3 is 2.91 bits per heavy atom. The topological polar surface area (TPSA) is 54.5 Å². The van der Waals surface area contributed by atoms with Crippen molar-refractivity contribution >= 4 is 34.1 Å². The summed E-state index contributed by atoms with van der Waals surface area (Å²) in [5, 5.41) is 0.904. The van der Waals surface area contributed by atoms with Crippen LogP contribution in [0.25, 0.3) is 32.4 Å². The largest absolute Gasteiger partial charge is 0.337 e. The van der Waals surface area contributed by atoms with Gasteiger partial charge in [-0.2, -0.15) is 0 Å². The number of imidazole rings is 1. The van der Waals surface area contributed by atoms with Gasteiger partial charge in [-0.15, -0.1) is 23.1 Å². The molecule has 22 heavy (non-hydrogen) atoms. The summed E-state index contributed by atoms with van der Waals surface area (Å²) in [6.45, 7) is 0. The molecule has 0 radical (unpaired) electrons. The van der Waals surface area contributed by atoms with Crippen LogP contribution in [-0.4, -0.2) is 26.2 Å². The second-order valence-corrected chi connectivity index (χ2v) is 6.62. The Hall–Kier alpha value is -2.18. The number of pyridine rings is 1. The third kappa shape index (κ3) is 2.40. The first-order valence-corrected chi connectivity index (χ1v) is 8.79. The number of benzene rings is 1. The van der Waals surface area contributed by atoms with Gasteiger partial charge in [0.05, 0.1) is 21.6 Å². The molecule has 1 aromatic carbocycles. The van der Waals surface area contributed by atoms with Gasteiger partial charge in [0.2, 0.25) is 0 Å². The van der Waals surface area contributed by atoms with E-state index in [-0.39, 0.29) is 0 Å². The third-order valence-corrected chi connectivity index (χ3v) is 5.06. The minimum Gasteiger partial charge on any atom is -0.337 e. The highest BCUT2D eigenvalue weighted by Crippen LogP contribution is 2.31. The highest BCUT2D eigenvalue weighted by atomic mass is 32.2. The number of aromatic amines is 1. The van der Waals surface area contributed by atoms with Crippen LogP contribution in [0.15, 0.2) is 53.7 Å². The molecular weight excluding hydrogens is 312 g/mol. The number of fused-ring (bicyclic) bond motifs is 1. The molecule has 3 aromatic heterocycles. The van der Waals surface area contributed by atoms with Crippen LogP contribution < -0.4 is 0 Å². The van der Waals surface area contributed by atoms with Crippen LogP contribution in [0.1, 0.15) is 0 Å². The molecule has 0 aliphatic rings. The second kappa shape index (κ2) is 5.55. The second-order valence-electron chi connectivity index (χ2n) is 4.71. The highest BCUT2D eigenvalue weighted by molar-refractivity contribution is 7.98. The van der Waals surface area contributed by atoms with Crippen molar-refractivity contribution in [2.45, 2.75) is 4.90 Å². The van der Waals surface area contributed by atoms with Crippen LogP contribution in [0.2, 0.25) is 0 Å². The molecule has 1 N–H and O–H groups in total. The van der Waals surface area contributed by atoms with Crippen molar-refractivity contribution in [1.29, 1.82) is 0 Å². The van der Waals surface area contributed by atoms with Gasteiger partial charge in [0.25, 0.3) is 0 Å². The maximum Gasteiger partial charge on any atom is 0.150 e. The minimum atomic E-state index is 0.855. The summed E-state index contributed by atoms with van der Waals surface area (Å²) in [6, 6.07) is 12.1. The van der Waals surface area contributed by atoms with Gasteiger partial charge in [0.15, 0.2) is 0 Å². The van der Waals surface area contributed by atoms with Crippen molar-refractivity contribution in [2.24, 2.45) is 0 Å². The maximum absolute atomic E-state index is 4.65. The standard InChI is InChI=1S/C16H12N4S2/c1-21-10-5-6-11-13(8-10)20-15(19-11)14-9-18-16(22-14)12-4-2-3-7-17-12/h2-9H,1H3,(H,19,20). The van der Waals surface area contributed by atoms with E-state index in [0.29, 0.717) is 0 Å². The molecule has 4 nitrogen and oxygen atoms in total. The molecule has 0 bridgehead atoms. The predicted molar refractivity (Wildman–Crippen MR) is 92.2 cm³/mol. The molecule has 0 atom stereocenters. The molecule has 0 saturated heterocycles. The van der Waals surface area contributed by atoms with Crippen molar-refractivity contribution in [3.8, 4) is 21.4 Å². The number of thioether (sulfide) groups is 1. The minimum absolute atomic E-state index is 0.855. The highest BCUT2D eigenvalue weighted by Gasteiger charge is 2.11. The molecule has 4 aromatic rings. The van der Waals surface area contributed by atoms with Gasteiger partial charge in [0, 0.05) is 17.3 Å². The number of aromatic nitrogens is 4. The zero-order valence-corrected chi connectivity index (χ0v) is 13.4. The summed E-state index contributed by atoms with van der Waals surface area (Å²) in [4.78, 5) is 19.1. The van der Waals surface area contributed by atoms with E-state index in [0.717, 1.165) is 32.4 Å². The summed E-state index contributed by atoms with van der Waals surface area (Å²) >= 11 is 3.32. The quantitative estimate of drug-likeness (QED) is 0.565. The number of rotatable bonds is 3. The number of nitrogens with one attached hydrogen (secondary N) is 1. The SMILES string of the molecule is CSc1ccc2nc(-c3cnc(-c4ccccn4)s3)[nH]c2c1. The van der Waals surface area contributed by atoms with E-state index in [1.165, 1.54) is 4.90 Å². The molecule has 0 spiro atoms. The van der Waals surface area contributed by atoms with Crippen molar-refractivity contribution in [1.82, 2.24) is 19.9 Å². The Morgan fingerprint density at radius 2 is 2.09 bits per heavy atom. The van der Waals surface area contributed by atoms with Gasteiger partial charge in [0.1, 0.15) is 10.8 Å². The lowest BCUT2D eigenvalue weighted by molar-refractivity contribution is 1.29. The molecule has 4 rings (SSSR count). The van der Waals surface area contributed by atoms with Crippen LogP contribution in [0.5, 0.6) is 0 Å². The van der Waals surface area contributed by atoms with Gasteiger partial charge >= 0.3 is 0 Å². The lowest BCUT2D eigenvalue weighted by atomic mass is 10.3. The molecule has 6 heteroatoms. The summed E-state index contributed by atoms with van der Waals surface area (Å²) in [7, 11) is 0. The van der Waals surface area contributed by atoms with Crippen LogP contribution in [0.3, 0.4) is 0 Å². The fourth-order valence-electron chi connectivity index (χ4n) is 2.22. The fraction of sp³-hybridized carbons (Fsp3) is 0.0625. The van der Waals surface area contributed by atoms with E-state index in [1.807, 2.05) is 30.5 Å². The van der Waals surface area contributed by atoms with E-state index in [9.17, 15) is 0 Å². The van der Waals surface area contributed by atoms with Crippen molar-refractivity contribution in [3.63, 3.8) is 0 Å². The zero-order chi connectivity index (χ0) is 14.9.